The summed E-state index contributed by atoms with van der Waals surface area (Å²) in [5, 5.41) is 0.815. The molecule has 0 spiro atoms. The summed E-state index contributed by atoms with van der Waals surface area (Å²) in [6.45, 7) is 5.48. The molecule has 1 aromatic carbocycles. The lowest BCUT2D eigenvalue weighted by Gasteiger charge is -2.32. The van der Waals surface area contributed by atoms with Crippen LogP contribution in [-0.4, -0.2) is 24.5 Å². The van der Waals surface area contributed by atoms with Crippen molar-refractivity contribution in [3.05, 3.63) is 34.9 Å². The summed E-state index contributed by atoms with van der Waals surface area (Å²) in [4.78, 5) is 2.36. The van der Waals surface area contributed by atoms with E-state index in [-0.39, 0.29) is 12.1 Å². The first-order valence-corrected chi connectivity index (χ1v) is 7.08. The Balaban J connectivity index is 2.15. The van der Waals surface area contributed by atoms with Crippen LogP contribution >= 0.6 is 11.6 Å². The molecule has 1 aliphatic carbocycles. The van der Waals surface area contributed by atoms with E-state index in [1.807, 2.05) is 18.2 Å². The van der Waals surface area contributed by atoms with E-state index in [0.717, 1.165) is 29.0 Å². The molecule has 0 heterocycles. The van der Waals surface area contributed by atoms with Crippen molar-refractivity contribution >= 4 is 11.6 Å². The van der Waals surface area contributed by atoms with Crippen molar-refractivity contribution in [2.75, 3.05) is 13.6 Å². The fourth-order valence-electron chi connectivity index (χ4n) is 2.77. The molecular weight excluding hydrogens is 244 g/mol. The van der Waals surface area contributed by atoms with Crippen LogP contribution in [0.5, 0.6) is 0 Å². The second-order valence-corrected chi connectivity index (χ2v) is 6.15. The number of benzene rings is 1. The van der Waals surface area contributed by atoms with Crippen LogP contribution in [0.2, 0.25) is 5.02 Å². The quantitative estimate of drug-likeness (QED) is 0.886. The molecule has 3 heteroatoms. The predicted molar refractivity (Wildman–Crippen MR) is 77.7 cm³/mol. The molecule has 0 bridgehead atoms. The van der Waals surface area contributed by atoms with Crippen molar-refractivity contribution in [2.24, 2.45) is 17.6 Å². The van der Waals surface area contributed by atoms with E-state index >= 15 is 0 Å². The Morgan fingerprint density at radius 2 is 2.06 bits per heavy atom. The van der Waals surface area contributed by atoms with E-state index < -0.39 is 0 Å². The minimum Gasteiger partial charge on any atom is -0.326 e. The van der Waals surface area contributed by atoms with E-state index in [9.17, 15) is 0 Å². The fourth-order valence-corrected chi connectivity index (χ4v) is 3.02. The lowest BCUT2D eigenvalue weighted by atomic mass is 9.99. The number of nitrogens with two attached hydrogens (primary N) is 1. The SMILES string of the molecule is CC(N)C(c1ccccc1Cl)N(C)CC1CC1C. The lowest BCUT2D eigenvalue weighted by Crippen LogP contribution is -2.38. The van der Waals surface area contributed by atoms with Crippen molar-refractivity contribution in [3.63, 3.8) is 0 Å². The first kappa shape index (κ1) is 13.9. The number of rotatable bonds is 5. The molecule has 0 amide bonds. The van der Waals surface area contributed by atoms with Gasteiger partial charge in [-0.25, -0.2) is 0 Å². The summed E-state index contributed by atoms with van der Waals surface area (Å²) in [7, 11) is 2.16. The van der Waals surface area contributed by atoms with Crippen molar-refractivity contribution in [1.82, 2.24) is 4.90 Å². The normalized spacial score (nSPS) is 26.1. The molecule has 2 nitrogen and oxygen atoms in total. The summed E-state index contributed by atoms with van der Waals surface area (Å²) in [5.41, 5.74) is 7.31. The smallest absolute Gasteiger partial charge is 0.0508 e. The van der Waals surface area contributed by atoms with E-state index in [1.165, 1.54) is 6.42 Å². The standard InChI is InChI=1S/C15H23ClN2/c1-10-8-12(10)9-18(3)15(11(2)17)13-6-4-5-7-14(13)16/h4-7,10-12,15H,8-9,17H2,1-3H3. The highest BCUT2D eigenvalue weighted by Gasteiger charge is 2.35. The summed E-state index contributed by atoms with van der Waals surface area (Å²) in [5.74, 6) is 1.70. The number of nitrogens with zero attached hydrogens (tertiary/aromatic N) is 1. The molecular formula is C15H23ClN2. The zero-order valence-corrected chi connectivity index (χ0v) is 12.2. The molecule has 0 aliphatic heterocycles. The Morgan fingerprint density at radius 3 is 2.56 bits per heavy atom. The first-order chi connectivity index (χ1) is 8.50. The molecule has 2 rings (SSSR count). The minimum absolute atomic E-state index is 0.0731. The number of halogens is 1. The van der Waals surface area contributed by atoms with Crippen LogP contribution < -0.4 is 5.73 Å². The van der Waals surface area contributed by atoms with Crippen LogP contribution in [0.3, 0.4) is 0 Å². The maximum atomic E-state index is 6.31. The average Bonchev–Trinajstić information content (AvgIpc) is 2.97. The van der Waals surface area contributed by atoms with Gasteiger partial charge < -0.3 is 5.73 Å². The van der Waals surface area contributed by atoms with Gasteiger partial charge in [-0.05, 0) is 43.9 Å². The van der Waals surface area contributed by atoms with Gasteiger partial charge in [0.15, 0.2) is 0 Å². The van der Waals surface area contributed by atoms with Crippen molar-refractivity contribution in [2.45, 2.75) is 32.4 Å². The number of likely N-dealkylation sites (N-methyl/N-ethyl adjacent to an activating group) is 1. The first-order valence-electron chi connectivity index (χ1n) is 6.71. The van der Waals surface area contributed by atoms with Gasteiger partial charge in [-0.1, -0.05) is 36.7 Å². The third-order valence-electron chi connectivity index (χ3n) is 4.00. The zero-order valence-electron chi connectivity index (χ0n) is 11.4. The highest BCUT2D eigenvalue weighted by Crippen LogP contribution is 2.40. The monoisotopic (exact) mass is 266 g/mol. The molecule has 0 radical (unpaired) electrons. The molecule has 1 aliphatic rings. The van der Waals surface area contributed by atoms with Crippen LogP contribution in [0, 0.1) is 11.8 Å². The van der Waals surface area contributed by atoms with E-state index in [2.05, 4.69) is 31.9 Å². The summed E-state index contributed by atoms with van der Waals surface area (Å²) in [6, 6.07) is 8.30. The summed E-state index contributed by atoms with van der Waals surface area (Å²) in [6.07, 6.45) is 1.35. The molecule has 2 N–H and O–H groups in total. The molecule has 1 saturated carbocycles. The van der Waals surface area contributed by atoms with Crippen LogP contribution in [0.25, 0.3) is 0 Å². The fraction of sp³-hybridized carbons (Fsp3) is 0.600. The molecule has 1 aromatic rings. The molecule has 18 heavy (non-hydrogen) atoms. The van der Waals surface area contributed by atoms with Crippen LogP contribution in [0.4, 0.5) is 0 Å². The Hall–Kier alpha value is -0.570. The third kappa shape index (κ3) is 3.05. The van der Waals surface area contributed by atoms with Gasteiger partial charge in [0.05, 0.1) is 6.04 Å². The third-order valence-corrected chi connectivity index (χ3v) is 4.34. The van der Waals surface area contributed by atoms with Gasteiger partial charge >= 0.3 is 0 Å². The van der Waals surface area contributed by atoms with Crippen molar-refractivity contribution < 1.29 is 0 Å². The average molecular weight is 267 g/mol. The zero-order chi connectivity index (χ0) is 13.3. The minimum atomic E-state index is 0.0731. The maximum absolute atomic E-state index is 6.31. The molecule has 0 aromatic heterocycles. The Kier molecular flexibility index (Phi) is 4.31. The summed E-state index contributed by atoms with van der Waals surface area (Å²) >= 11 is 6.31. The highest BCUT2D eigenvalue weighted by atomic mass is 35.5. The van der Waals surface area contributed by atoms with Crippen molar-refractivity contribution in [1.29, 1.82) is 0 Å². The van der Waals surface area contributed by atoms with Gasteiger partial charge in [0.25, 0.3) is 0 Å². The summed E-state index contributed by atoms with van der Waals surface area (Å²) < 4.78 is 0. The van der Waals surface area contributed by atoms with Gasteiger partial charge in [-0.2, -0.15) is 0 Å². The van der Waals surface area contributed by atoms with Crippen LogP contribution in [-0.2, 0) is 0 Å². The van der Waals surface area contributed by atoms with Gasteiger partial charge in [-0.3, -0.25) is 4.90 Å². The highest BCUT2D eigenvalue weighted by molar-refractivity contribution is 6.31. The lowest BCUT2D eigenvalue weighted by molar-refractivity contribution is 0.208. The van der Waals surface area contributed by atoms with Gasteiger partial charge in [0.2, 0.25) is 0 Å². The van der Waals surface area contributed by atoms with E-state index in [0.29, 0.717) is 0 Å². The van der Waals surface area contributed by atoms with Gasteiger partial charge in [0.1, 0.15) is 0 Å². The van der Waals surface area contributed by atoms with Crippen LogP contribution in [0.1, 0.15) is 31.9 Å². The second kappa shape index (κ2) is 5.60. The molecule has 4 atom stereocenters. The molecule has 4 unspecified atom stereocenters. The molecule has 1 fully saturated rings. The predicted octanol–water partition coefficient (Wildman–Crippen LogP) is 3.32. The largest absolute Gasteiger partial charge is 0.326 e. The Morgan fingerprint density at radius 1 is 1.44 bits per heavy atom. The van der Waals surface area contributed by atoms with Gasteiger partial charge in [0, 0.05) is 17.6 Å². The number of hydrogen-bond donors (Lipinski definition) is 1. The van der Waals surface area contributed by atoms with Gasteiger partial charge in [-0.15, -0.1) is 0 Å². The Bertz CT molecular complexity index is 405. The van der Waals surface area contributed by atoms with E-state index in [1.54, 1.807) is 0 Å². The second-order valence-electron chi connectivity index (χ2n) is 5.74. The number of hydrogen-bond acceptors (Lipinski definition) is 2. The molecule has 100 valence electrons. The maximum Gasteiger partial charge on any atom is 0.0508 e. The molecule has 0 saturated heterocycles. The topological polar surface area (TPSA) is 29.3 Å². The van der Waals surface area contributed by atoms with Crippen molar-refractivity contribution in [3.8, 4) is 0 Å². The van der Waals surface area contributed by atoms with Crippen LogP contribution in [0.15, 0.2) is 24.3 Å². The van der Waals surface area contributed by atoms with E-state index in [4.69, 9.17) is 17.3 Å². The Labute approximate surface area is 115 Å².